The minimum Gasteiger partial charge on any atom is -0.494 e. The predicted octanol–water partition coefficient (Wildman–Crippen LogP) is 4.92. The number of aromatic nitrogens is 1. The number of thiazole rings is 1. The topological polar surface area (TPSA) is 79.1 Å². The maximum Gasteiger partial charge on any atom is 0.338 e. The van der Waals surface area contributed by atoms with Crippen molar-refractivity contribution in [1.82, 2.24) is 4.57 Å². The fraction of sp³-hybridized carbons (Fsp3) is 0.219. The number of esters is 1. The molecule has 0 amide bonds. The summed E-state index contributed by atoms with van der Waals surface area (Å²) in [5.74, 6) is 0.374. The summed E-state index contributed by atoms with van der Waals surface area (Å²) in [5.41, 5.74) is 2.73. The largest absolute Gasteiger partial charge is 0.494 e. The van der Waals surface area contributed by atoms with Gasteiger partial charge in [-0.25, -0.2) is 14.2 Å². The highest BCUT2D eigenvalue weighted by Gasteiger charge is 2.35. The standard InChI is InChI=1S/C32H29FN2O5S/c1-4-38-26-12-7-6-11-25(26)29-28(31(37)39-5-2)20(3)34-32-35(29)30(36)27(41-32)18-21-13-15-24(16-14-21)40-19-22-9-8-10-23(33)17-22/h6-18,29H,4-5,19H2,1-3H3/b27-18-/t29-/m0/s1. The van der Waals surface area contributed by atoms with Gasteiger partial charge in [-0.15, -0.1) is 0 Å². The van der Waals surface area contributed by atoms with E-state index >= 15 is 0 Å². The minimum absolute atomic E-state index is 0.196. The molecule has 0 spiro atoms. The van der Waals surface area contributed by atoms with Crippen molar-refractivity contribution in [3.05, 3.63) is 126 Å². The van der Waals surface area contributed by atoms with Gasteiger partial charge < -0.3 is 14.2 Å². The normalized spacial score (nSPS) is 14.8. The number of halogens is 1. The first kappa shape index (κ1) is 28.0. The predicted molar refractivity (Wildman–Crippen MR) is 155 cm³/mol. The van der Waals surface area contributed by atoms with Gasteiger partial charge in [0.2, 0.25) is 0 Å². The molecule has 1 atom stereocenters. The van der Waals surface area contributed by atoms with Gasteiger partial charge in [-0.3, -0.25) is 9.36 Å². The van der Waals surface area contributed by atoms with Gasteiger partial charge in [-0.2, -0.15) is 0 Å². The molecule has 3 aromatic carbocycles. The second-order valence-corrected chi connectivity index (χ2v) is 10.3. The van der Waals surface area contributed by atoms with Gasteiger partial charge in [0.1, 0.15) is 30.0 Å². The Balaban J connectivity index is 1.52. The number of para-hydroxylation sites is 1. The fourth-order valence-electron chi connectivity index (χ4n) is 4.68. The number of hydrogen-bond donors (Lipinski definition) is 0. The number of carbonyl (C=O) groups is 1. The van der Waals surface area contributed by atoms with E-state index in [1.54, 1.807) is 48.8 Å². The van der Waals surface area contributed by atoms with E-state index in [9.17, 15) is 14.0 Å². The number of benzene rings is 3. The van der Waals surface area contributed by atoms with Crippen LogP contribution in [0.3, 0.4) is 0 Å². The zero-order chi connectivity index (χ0) is 28.9. The SMILES string of the molecule is CCOC(=O)C1=C(C)N=c2s/c(=C\c3ccc(OCc4cccc(F)c4)cc3)c(=O)n2[C@H]1c1ccccc1OCC. The van der Waals surface area contributed by atoms with Crippen molar-refractivity contribution in [1.29, 1.82) is 0 Å². The van der Waals surface area contributed by atoms with Crippen molar-refractivity contribution < 1.29 is 23.4 Å². The van der Waals surface area contributed by atoms with Crippen molar-refractivity contribution in [2.45, 2.75) is 33.4 Å². The molecule has 4 aromatic rings. The number of fused-ring (bicyclic) bond motifs is 1. The van der Waals surface area contributed by atoms with E-state index in [2.05, 4.69) is 4.99 Å². The molecule has 0 saturated carbocycles. The number of allylic oxidation sites excluding steroid dienone is 1. The first-order valence-corrected chi connectivity index (χ1v) is 14.1. The zero-order valence-corrected chi connectivity index (χ0v) is 23.7. The second kappa shape index (κ2) is 12.3. The summed E-state index contributed by atoms with van der Waals surface area (Å²) in [7, 11) is 0. The average molecular weight is 573 g/mol. The molecule has 1 aromatic heterocycles. The van der Waals surface area contributed by atoms with E-state index in [-0.39, 0.29) is 24.6 Å². The van der Waals surface area contributed by atoms with Crippen LogP contribution in [-0.2, 0) is 16.1 Å². The Morgan fingerprint density at radius 1 is 1.02 bits per heavy atom. The Morgan fingerprint density at radius 2 is 1.80 bits per heavy atom. The Bertz CT molecular complexity index is 1790. The monoisotopic (exact) mass is 572 g/mol. The molecule has 0 fully saturated rings. The molecule has 2 heterocycles. The first-order valence-electron chi connectivity index (χ1n) is 13.3. The van der Waals surface area contributed by atoms with Crippen LogP contribution >= 0.6 is 11.3 Å². The van der Waals surface area contributed by atoms with Crippen LogP contribution in [0, 0.1) is 5.82 Å². The van der Waals surface area contributed by atoms with Gasteiger partial charge in [0.25, 0.3) is 5.56 Å². The van der Waals surface area contributed by atoms with Gasteiger partial charge in [-0.05, 0) is 68.3 Å². The third kappa shape index (κ3) is 6.00. The quantitative estimate of drug-likeness (QED) is 0.266. The van der Waals surface area contributed by atoms with E-state index in [4.69, 9.17) is 14.2 Å². The Labute approximate surface area is 240 Å². The average Bonchev–Trinajstić information content (AvgIpc) is 3.26. The summed E-state index contributed by atoms with van der Waals surface area (Å²) in [4.78, 5) is 32.1. The molecule has 5 rings (SSSR count). The van der Waals surface area contributed by atoms with Crippen molar-refractivity contribution >= 4 is 23.4 Å². The molecule has 1 aliphatic heterocycles. The number of carbonyl (C=O) groups excluding carboxylic acids is 1. The van der Waals surface area contributed by atoms with Crippen LogP contribution < -0.4 is 24.4 Å². The Hall–Kier alpha value is -4.50. The third-order valence-corrected chi connectivity index (χ3v) is 7.49. The van der Waals surface area contributed by atoms with E-state index in [0.717, 1.165) is 11.1 Å². The maximum atomic E-state index is 13.9. The van der Waals surface area contributed by atoms with Gasteiger partial charge in [0.05, 0.1) is 29.0 Å². The first-order chi connectivity index (χ1) is 19.9. The molecule has 210 valence electrons. The lowest BCUT2D eigenvalue weighted by molar-refractivity contribution is -0.139. The fourth-order valence-corrected chi connectivity index (χ4v) is 5.73. The van der Waals surface area contributed by atoms with Gasteiger partial charge in [0.15, 0.2) is 4.80 Å². The van der Waals surface area contributed by atoms with Crippen molar-refractivity contribution in [3.63, 3.8) is 0 Å². The lowest BCUT2D eigenvalue weighted by Gasteiger charge is -2.26. The molecule has 7 nitrogen and oxygen atoms in total. The molecule has 0 N–H and O–H groups in total. The van der Waals surface area contributed by atoms with Crippen LogP contribution in [-0.4, -0.2) is 23.8 Å². The molecule has 0 aliphatic carbocycles. The molecule has 0 saturated heterocycles. The maximum absolute atomic E-state index is 13.9. The number of nitrogens with zero attached hydrogens (tertiary/aromatic N) is 2. The van der Waals surface area contributed by atoms with E-state index in [1.807, 2.05) is 43.3 Å². The van der Waals surface area contributed by atoms with Gasteiger partial charge in [-0.1, -0.05) is 53.8 Å². The van der Waals surface area contributed by atoms with Crippen molar-refractivity contribution in [3.8, 4) is 11.5 Å². The molecular weight excluding hydrogens is 543 g/mol. The number of hydrogen-bond acceptors (Lipinski definition) is 7. The van der Waals surface area contributed by atoms with Gasteiger partial charge >= 0.3 is 5.97 Å². The Kier molecular flexibility index (Phi) is 8.45. The smallest absolute Gasteiger partial charge is 0.338 e. The highest BCUT2D eigenvalue weighted by molar-refractivity contribution is 7.07. The van der Waals surface area contributed by atoms with Crippen LogP contribution in [0.2, 0.25) is 0 Å². The summed E-state index contributed by atoms with van der Waals surface area (Å²) in [6, 6.07) is 20.2. The second-order valence-electron chi connectivity index (χ2n) is 9.26. The van der Waals surface area contributed by atoms with Crippen LogP contribution in [0.1, 0.15) is 43.5 Å². The summed E-state index contributed by atoms with van der Waals surface area (Å²) >= 11 is 1.25. The summed E-state index contributed by atoms with van der Waals surface area (Å²) in [6.45, 7) is 6.24. The Morgan fingerprint density at radius 3 is 2.54 bits per heavy atom. The van der Waals surface area contributed by atoms with Gasteiger partial charge in [0, 0.05) is 5.56 Å². The van der Waals surface area contributed by atoms with E-state index in [0.29, 0.717) is 44.3 Å². The van der Waals surface area contributed by atoms with Crippen LogP contribution in [0.5, 0.6) is 11.5 Å². The minimum atomic E-state index is -0.756. The van der Waals surface area contributed by atoms with Crippen LogP contribution in [0.25, 0.3) is 6.08 Å². The molecule has 0 radical (unpaired) electrons. The molecule has 41 heavy (non-hydrogen) atoms. The molecular formula is C32H29FN2O5S. The summed E-state index contributed by atoms with van der Waals surface area (Å²) in [5, 5.41) is 0. The zero-order valence-electron chi connectivity index (χ0n) is 22.9. The number of ether oxygens (including phenoxy) is 3. The van der Waals surface area contributed by atoms with Crippen molar-refractivity contribution in [2.75, 3.05) is 13.2 Å². The molecule has 0 bridgehead atoms. The lowest BCUT2D eigenvalue weighted by Crippen LogP contribution is -2.40. The van der Waals surface area contributed by atoms with Crippen LogP contribution in [0.4, 0.5) is 4.39 Å². The highest BCUT2D eigenvalue weighted by atomic mass is 32.1. The van der Waals surface area contributed by atoms with Crippen LogP contribution in [0.15, 0.2) is 93.9 Å². The lowest BCUT2D eigenvalue weighted by atomic mass is 9.95. The molecule has 0 unspecified atom stereocenters. The van der Waals surface area contributed by atoms with Crippen molar-refractivity contribution in [2.24, 2.45) is 4.99 Å². The molecule has 1 aliphatic rings. The summed E-state index contributed by atoms with van der Waals surface area (Å²) in [6.07, 6.45) is 1.79. The van der Waals surface area contributed by atoms with E-state index in [1.165, 1.54) is 23.5 Å². The summed E-state index contributed by atoms with van der Waals surface area (Å²) < 4.78 is 32.5. The highest BCUT2D eigenvalue weighted by Crippen LogP contribution is 2.35. The number of rotatable bonds is 9. The molecule has 9 heteroatoms. The van der Waals surface area contributed by atoms with E-state index < -0.39 is 12.0 Å². The third-order valence-electron chi connectivity index (χ3n) is 6.50.